The van der Waals surface area contributed by atoms with Crippen LogP contribution in [-0.2, 0) is 0 Å². The van der Waals surface area contributed by atoms with Crippen LogP contribution in [0, 0.1) is 5.21 Å². The molecule has 0 aliphatic carbocycles. The number of hydrogen-bond donors (Lipinski definition) is 2. The highest BCUT2D eigenvalue weighted by Gasteiger charge is 1.54. The molecule has 0 aliphatic heterocycles. The number of nitrogens with two attached hydrogens (primary N) is 2. The fraction of sp³-hybridized carbons (Fsp3) is 0. The van der Waals surface area contributed by atoms with Crippen LogP contribution in [0.25, 0.3) is 0 Å². The maximum atomic E-state index is 9.22. The van der Waals surface area contributed by atoms with Crippen LogP contribution in [0.5, 0.6) is 0 Å². The standard InChI is InChI=1S/H4N4O/c1-3-4(2)5/h1H2,(H2,2,3). The van der Waals surface area contributed by atoms with Gasteiger partial charge in [0.05, 0.1) is 0 Å². The zero-order chi connectivity index (χ0) is 4.28. The van der Waals surface area contributed by atoms with Crippen LogP contribution < -0.4 is 11.7 Å². The van der Waals surface area contributed by atoms with Crippen molar-refractivity contribution in [1.82, 2.24) is 0 Å². The molecule has 0 spiro atoms. The van der Waals surface area contributed by atoms with Gasteiger partial charge in [0.2, 0.25) is 0 Å². The van der Waals surface area contributed by atoms with Crippen LogP contribution in [-0.4, -0.2) is 4.97 Å². The molecule has 0 bridgehead atoms. The molecule has 0 saturated carbocycles. The van der Waals surface area contributed by atoms with E-state index in [1.165, 1.54) is 0 Å². The topological polar surface area (TPSA) is 90.5 Å². The molecule has 5 nitrogen and oxygen atoms in total. The van der Waals surface area contributed by atoms with Crippen molar-refractivity contribution in [1.29, 1.82) is 0 Å². The molecule has 0 fully saturated rings. The maximum Gasteiger partial charge on any atom is 0.105 e. The summed E-state index contributed by atoms with van der Waals surface area (Å²) in [7, 11) is 0. The fourth-order valence-electron chi connectivity index (χ4n) is 0. The Morgan fingerprint density at radius 3 is 2.00 bits per heavy atom. The average molecular weight is 76.1 g/mol. The Kier molecular flexibility index (Phi) is 1.07. The lowest BCUT2D eigenvalue weighted by Gasteiger charge is -1.87. The van der Waals surface area contributed by atoms with Gasteiger partial charge in [0.1, 0.15) is 5.22 Å². The maximum absolute atomic E-state index is 9.22. The fourth-order valence-corrected chi connectivity index (χ4v) is 0. The number of rotatable bonds is 0. The molecule has 30 valence electrons. The third kappa shape index (κ3) is 3.00. The minimum absolute atomic E-state index is 0.222. The normalized spacial score (nSPS) is 11.6. The predicted molar refractivity (Wildman–Crippen MR) is 14.4 cm³/mol. The Morgan fingerprint density at radius 1 is 1.80 bits per heavy atom. The first-order chi connectivity index (χ1) is 2.27. The second-order valence-corrected chi connectivity index (χ2v) is 0.418. The predicted octanol–water partition coefficient (Wildman–Crippen LogP) is -1.30. The Hall–Kier alpha value is -1.00. The SMILES string of the molecule is NN=[N+](N)[O-]. The first kappa shape index (κ1) is 4.00. The van der Waals surface area contributed by atoms with Gasteiger partial charge in [0.25, 0.3) is 0 Å². The van der Waals surface area contributed by atoms with Gasteiger partial charge in [-0.3, -0.25) is 0 Å². The average Bonchev–Trinajstić information content (AvgIpc) is 1.38. The molecule has 0 aromatic carbocycles. The summed E-state index contributed by atoms with van der Waals surface area (Å²) >= 11 is 0. The highest BCUT2D eigenvalue weighted by molar-refractivity contribution is 3.82. The first-order valence-electron chi connectivity index (χ1n) is 0.899. The molecular weight excluding hydrogens is 72.0 g/mol. The van der Waals surface area contributed by atoms with Crippen molar-refractivity contribution in [3.05, 3.63) is 5.21 Å². The van der Waals surface area contributed by atoms with Gasteiger partial charge in [-0.05, 0) is 0 Å². The van der Waals surface area contributed by atoms with E-state index in [-0.39, 0.29) is 4.97 Å². The summed E-state index contributed by atoms with van der Waals surface area (Å²) in [4.78, 5) is -0.222. The minimum atomic E-state index is -0.222. The van der Waals surface area contributed by atoms with Crippen molar-refractivity contribution in [2.24, 2.45) is 16.9 Å². The summed E-state index contributed by atoms with van der Waals surface area (Å²) in [6.45, 7) is 0. The van der Waals surface area contributed by atoms with E-state index < -0.39 is 0 Å². The molecule has 0 aromatic rings. The second-order valence-electron chi connectivity index (χ2n) is 0.418. The molecule has 0 saturated heterocycles. The van der Waals surface area contributed by atoms with Gasteiger partial charge in [0, 0.05) is 0 Å². The van der Waals surface area contributed by atoms with Crippen molar-refractivity contribution in [2.45, 2.75) is 0 Å². The largest absolute Gasteiger partial charge is 0.673 e. The third-order valence-electron chi connectivity index (χ3n) is 0.114. The minimum Gasteiger partial charge on any atom is -0.673 e. The molecule has 4 N–H and O–H groups in total. The highest BCUT2D eigenvalue weighted by Crippen LogP contribution is 1.41. The van der Waals surface area contributed by atoms with Crippen molar-refractivity contribution in [3.63, 3.8) is 0 Å². The van der Waals surface area contributed by atoms with Gasteiger partial charge in [0.15, 0.2) is 0 Å². The molecule has 0 heterocycles. The number of hydrogen-bond acceptors (Lipinski definition) is 2. The lowest BCUT2D eigenvalue weighted by molar-refractivity contribution is -0.543. The second kappa shape index (κ2) is 1.33. The summed E-state index contributed by atoms with van der Waals surface area (Å²) in [5.41, 5.74) is 0. The quantitative estimate of drug-likeness (QED) is 0.162. The van der Waals surface area contributed by atoms with E-state index in [1.54, 1.807) is 0 Å². The Labute approximate surface area is 28.4 Å². The van der Waals surface area contributed by atoms with Crippen molar-refractivity contribution in [3.8, 4) is 0 Å². The zero-order valence-electron chi connectivity index (χ0n) is 2.46. The van der Waals surface area contributed by atoms with Gasteiger partial charge < -0.3 is 5.21 Å². The van der Waals surface area contributed by atoms with Crippen LogP contribution >= 0.6 is 0 Å². The third-order valence-corrected chi connectivity index (χ3v) is 0.114. The Bertz CT molecular complexity index is 41.6. The van der Waals surface area contributed by atoms with Gasteiger partial charge in [-0.15, -0.1) is 0 Å². The molecule has 0 aromatic heterocycles. The van der Waals surface area contributed by atoms with Crippen LogP contribution in [0.4, 0.5) is 0 Å². The smallest absolute Gasteiger partial charge is 0.105 e. The summed E-state index contributed by atoms with van der Waals surface area (Å²) in [5.74, 6) is 8.56. The van der Waals surface area contributed by atoms with Crippen molar-refractivity contribution >= 4 is 0 Å². The highest BCUT2D eigenvalue weighted by atomic mass is 16.5. The summed E-state index contributed by atoms with van der Waals surface area (Å²) < 4.78 is 0. The van der Waals surface area contributed by atoms with Crippen molar-refractivity contribution in [2.75, 3.05) is 0 Å². The van der Waals surface area contributed by atoms with Crippen LogP contribution in [0.15, 0.2) is 5.22 Å². The summed E-state index contributed by atoms with van der Waals surface area (Å²) in [6.07, 6.45) is 0. The molecule has 0 atom stereocenters. The molecule has 0 radical (unpaired) electrons. The van der Waals surface area contributed by atoms with Gasteiger partial charge in [-0.2, -0.15) is 5.84 Å². The van der Waals surface area contributed by atoms with Crippen LogP contribution in [0.2, 0.25) is 0 Å². The molecule has 5 heavy (non-hydrogen) atoms. The van der Waals surface area contributed by atoms with Crippen molar-refractivity contribution < 1.29 is 4.97 Å². The van der Waals surface area contributed by atoms with E-state index in [1.807, 2.05) is 0 Å². The van der Waals surface area contributed by atoms with E-state index in [2.05, 4.69) is 16.9 Å². The first-order valence-corrected chi connectivity index (χ1v) is 0.899. The summed E-state index contributed by atoms with van der Waals surface area (Å²) in [5, 5.41) is 11.7. The van der Waals surface area contributed by atoms with E-state index in [9.17, 15) is 5.21 Å². The van der Waals surface area contributed by atoms with E-state index >= 15 is 0 Å². The molecule has 5 heteroatoms. The summed E-state index contributed by atoms with van der Waals surface area (Å²) in [6, 6.07) is 0. The van der Waals surface area contributed by atoms with E-state index in [4.69, 9.17) is 0 Å². The number of hydrazine groups is 1. The molecule has 0 rings (SSSR count). The van der Waals surface area contributed by atoms with Gasteiger partial charge in [-0.1, -0.05) is 4.97 Å². The van der Waals surface area contributed by atoms with E-state index in [0.29, 0.717) is 0 Å². The van der Waals surface area contributed by atoms with Crippen LogP contribution in [0.3, 0.4) is 0 Å². The van der Waals surface area contributed by atoms with Crippen LogP contribution in [0.1, 0.15) is 0 Å². The zero-order valence-corrected chi connectivity index (χ0v) is 2.46. The number of nitrogens with zero attached hydrogens (tertiary/aromatic N) is 2. The molecule has 0 unspecified atom stereocenters. The van der Waals surface area contributed by atoms with Gasteiger partial charge in [-0.25, -0.2) is 5.84 Å². The Morgan fingerprint density at radius 2 is 2.00 bits per heavy atom. The molecular formula is H4N4O. The Balaban J connectivity index is 3.14. The lowest BCUT2D eigenvalue weighted by atomic mass is 12.5. The van der Waals surface area contributed by atoms with Gasteiger partial charge >= 0.3 is 0 Å². The molecule has 0 aliphatic rings. The van der Waals surface area contributed by atoms with E-state index in [0.717, 1.165) is 0 Å². The molecule has 0 amide bonds. The lowest BCUT2D eigenvalue weighted by Crippen LogP contribution is -2.10. The monoisotopic (exact) mass is 76.0 g/mol.